The van der Waals surface area contributed by atoms with E-state index in [0.29, 0.717) is 25.9 Å². The quantitative estimate of drug-likeness (QED) is 0.609. The summed E-state index contributed by atoms with van der Waals surface area (Å²) in [5.74, 6) is 0.128. The molecule has 0 aromatic rings. The Labute approximate surface area is 67.6 Å². The first kappa shape index (κ1) is 9.96. The van der Waals surface area contributed by atoms with Crippen LogP contribution in [-0.4, -0.2) is 23.9 Å². The smallest absolute Gasteiger partial charge is 0.222 e. The molecule has 3 nitrogen and oxygen atoms in total. The molecule has 0 radical (unpaired) electrons. The fraction of sp³-hybridized carbons (Fsp3) is 0.750. The van der Waals surface area contributed by atoms with Gasteiger partial charge in [-0.2, -0.15) is 5.26 Å². The SMILES string of the molecule is CCC(=O)N(CC)CCC#N. The van der Waals surface area contributed by atoms with Crippen LogP contribution in [0.1, 0.15) is 26.7 Å². The number of hydrogen-bond donors (Lipinski definition) is 0. The highest BCUT2D eigenvalue weighted by atomic mass is 16.2. The summed E-state index contributed by atoms with van der Waals surface area (Å²) >= 11 is 0. The Morgan fingerprint density at radius 2 is 2.18 bits per heavy atom. The van der Waals surface area contributed by atoms with Gasteiger partial charge in [-0.3, -0.25) is 4.79 Å². The van der Waals surface area contributed by atoms with Crippen molar-refractivity contribution >= 4 is 5.91 Å². The Hall–Kier alpha value is -1.04. The van der Waals surface area contributed by atoms with Crippen LogP contribution in [0, 0.1) is 11.3 Å². The summed E-state index contributed by atoms with van der Waals surface area (Å²) < 4.78 is 0. The van der Waals surface area contributed by atoms with Gasteiger partial charge in [-0.1, -0.05) is 6.92 Å². The van der Waals surface area contributed by atoms with Crippen LogP contribution in [0.15, 0.2) is 0 Å². The van der Waals surface area contributed by atoms with Gasteiger partial charge in [0.15, 0.2) is 0 Å². The number of carbonyl (C=O) groups is 1. The largest absolute Gasteiger partial charge is 0.342 e. The van der Waals surface area contributed by atoms with Crippen LogP contribution in [0.2, 0.25) is 0 Å². The number of rotatable bonds is 4. The van der Waals surface area contributed by atoms with Crippen molar-refractivity contribution in [2.45, 2.75) is 26.7 Å². The van der Waals surface area contributed by atoms with E-state index in [1.807, 2.05) is 19.9 Å². The van der Waals surface area contributed by atoms with E-state index in [1.165, 1.54) is 0 Å². The van der Waals surface area contributed by atoms with Gasteiger partial charge in [0.25, 0.3) is 0 Å². The van der Waals surface area contributed by atoms with Crippen molar-refractivity contribution < 1.29 is 4.79 Å². The molecule has 0 fully saturated rings. The minimum Gasteiger partial charge on any atom is -0.342 e. The highest BCUT2D eigenvalue weighted by Gasteiger charge is 2.06. The lowest BCUT2D eigenvalue weighted by Crippen LogP contribution is -2.30. The van der Waals surface area contributed by atoms with Gasteiger partial charge in [-0.15, -0.1) is 0 Å². The van der Waals surface area contributed by atoms with Crippen LogP contribution in [0.3, 0.4) is 0 Å². The minimum atomic E-state index is 0.128. The lowest BCUT2D eigenvalue weighted by atomic mass is 10.3. The molecule has 0 atom stereocenters. The van der Waals surface area contributed by atoms with Crippen LogP contribution in [0.25, 0.3) is 0 Å². The molecule has 0 saturated carbocycles. The Morgan fingerprint density at radius 3 is 2.55 bits per heavy atom. The third kappa shape index (κ3) is 3.61. The minimum absolute atomic E-state index is 0.128. The number of hydrogen-bond acceptors (Lipinski definition) is 2. The summed E-state index contributed by atoms with van der Waals surface area (Å²) in [6.07, 6.45) is 0.957. The molecule has 3 heteroatoms. The van der Waals surface area contributed by atoms with Gasteiger partial charge in [-0.05, 0) is 6.92 Å². The highest BCUT2D eigenvalue weighted by molar-refractivity contribution is 5.75. The van der Waals surface area contributed by atoms with Crippen LogP contribution in [0.4, 0.5) is 0 Å². The number of nitrogens with zero attached hydrogens (tertiary/aromatic N) is 2. The van der Waals surface area contributed by atoms with Gasteiger partial charge in [0, 0.05) is 19.5 Å². The van der Waals surface area contributed by atoms with Gasteiger partial charge in [0.05, 0.1) is 12.5 Å². The molecule has 0 aromatic heterocycles. The molecule has 0 spiro atoms. The summed E-state index contributed by atoms with van der Waals surface area (Å²) in [5.41, 5.74) is 0. The van der Waals surface area contributed by atoms with Crippen LogP contribution in [0.5, 0.6) is 0 Å². The van der Waals surface area contributed by atoms with Gasteiger partial charge in [-0.25, -0.2) is 0 Å². The molecule has 1 amide bonds. The van der Waals surface area contributed by atoms with Crippen molar-refractivity contribution in [1.29, 1.82) is 5.26 Å². The van der Waals surface area contributed by atoms with E-state index in [2.05, 4.69) is 0 Å². The monoisotopic (exact) mass is 154 g/mol. The van der Waals surface area contributed by atoms with Crippen molar-refractivity contribution in [2.24, 2.45) is 0 Å². The normalized spacial score (nSPS) is 8.82. The van der Waals surface area contributed by atoms with Crippen LogP contribution >= 0.6 is 0 Å². The van der Waals surface area contributed by atoms with Crippen molar-refractivity contribution in [3.8, 4) is 6.07 Å². The van der Waals surface area contributed by atoms with Crippen molar-refractivity contribution in [3.63, 3.8) is 0 Å². The van der Waals surface area contributed by atoms with Crippen LogP contribution in [-0.2, 0) is 4.79 Å². The van der Waals surface area contributed by atoms with E-state index in [9.17, 15) is 4.79 Å². The van der Waals surface area contributed by atoms with Gasteiger partial charge < -0.3 is 4.90 Å². The van der Waals surface area contributed by atoms with Gasteiger partial charge in [0.2, 0.25) is 5.91 Å². The van der Waals surface area contributed by atoms with E-state index in [4.69, 9.17) is 5.26 Å². The zero-order valence-corrected chi connectivity index (χ0v) is 7.13. The molecule has 0 aromatic carbocycles. The molecule has 0 bridgehead atoms. The van der Waals surface area contributed by atoms with Crippen molar-refractivity contribution in [3.05, 3.63) is 0 Å². The second-order valence-corrected chi connectivity index (χ2v) is 2.24. The summed E-state index contributed by atoms with van der Waals surface area (Å²) in [6.45, 7) is 5.02. The molecular formula is C8H14N2O. The Kier molecular flexibility index (Phi) is 5.18. The Balaban J connectivity index is 3.77. The standard InChI is InChI=1S/C8H14N2O/c1-3-8(11)10(4-2)7-5-6-9/h3-5,7H2,1-2H3. The maximum atomic E-state index is 11.1. The first-order valence-electron chi connectivity index (χ1n) is 3.91. The molecule has 0 N–H and O–H groups in total. The van der Waals surface area contributed by atoms with Crippen LogP contribution < -0.4 is 0 Å². The Bertz CT molecular complexity index is 160. The molecule has 0 rings (SSSR count). The summed E-state index contributed by atoms with van der Waals surface area (Å²) in [5, 5.41) is 8.28. The molecule has 62 valence electrons. The Morgan fingerprint density at radius 1 is 1.55 bits per heavy atom. The summed E-state index contributed by atoms with van der Waals surface area (Å²) in [4.78, 5) is 12.8. The number of carbonyl (C=O) groups excluding carboxylic acids is 1. The third-order valence-electron chi connectivity index (χ3n) is 1.53. The highest BCUT2D eigenvalue weighted by Crippen LogP contribution is 1.94. The van der Waals surface area contributed by atoms with Crippen molar-refractivity contribution in [1.82, 2.24) is 4.90 Å². The van der Waals surface area contributed by atoms with E-state index in [1.54, 1.807) is 4.90 Å². The zero-order chi connectivity index (χ0) is 8.69. The molecule has 0 aliphatic rings. The number of nitriles is 1. The average molecular weight is 154 g/mol. The van der Waals surface area contributed by atoms with E-state index < -0.39 is 0 Å². The number of amides is 1. The van der Waals surface area contributed by atoms with E-state index in [0.717, 1.165) is 0 Å². The average Bonchev–Trinajstić information content (AvgIpc) is 2.05. The lowest BCUT2D eigenvalue weighted by molar-refractivity contribution is -0.130. The first-order chi connectivity index (χ1) is 5.26. The predicted octanol–water partition coefficient (Wildman–Crippen LogP) is 1.16. The summed E-state index contributed by atoms with van der Waals surface area (Å²) in [6, 6.07) is 2.02. The van der Waals surface area contributed by atoms with Gasteiger partial charge >= 0.3 is 0 Å². The summed E-state index contributed by atoms with van der Waals surface area (Å²) in [7, 11) is 0. The fourth-order valence-electron chi connectivity index (χ4n) is 0.868. The van der Waals surface area contributed by atoms with E-state index in [-0.39, 0.29) is 5.91 Å². The molecular weight excluding hydrogens is 140 g/mol. The van der Waals surface area contributed by atoms with Gasteiger partial charge in [0.1, 0.15) is 0 Å². The topological polar surface area (TPSA) is 44.1 Å². The molecule has 0 aliphatic carbocycles. The molecule has 11 heavy (non-hydrogen) atoms. The van der Waals surface area contributed by atoms with E-state index >= 15 is 0 Å². The predicted molar refractivity (Wildman–Crippen MR) is 42.8 cm³/mol. The maximum Gasteiger partial charge on any atom is 0.222 e. The zero-order valence-electron chi connectivity index (χ0n) is 7.13. The second kappa shape index (κ2) is 5.72. The fourth-order valence-corrected chi connectivity index (χ4v) is 0.868. The first-order valence-corrected chi connectivity index (χ1v) is 3.91. The second-order valence-electron chi connectivity index (χ2n) is 2.24. The molecule has 0 aliphatic heterocycles. The van der Waals surface area contributed by atoms with Crippen molar-refractivity contribution in [2.75, 3.05) is 13.1 Å². The maximum absolute atomic E-state index is 11.1. The molecule has 0 saturated heterocycles. The molecule has 0 unspecified atom stereocenters. The molecule has 0 heterocycles. The lowest BCUT2D eigenvalue weighted by Gasteiger charge is -2.17. The third-order valence-corrected chi connectivity index (χ3v) is 1.53.